The molecule has 3 unspecified atom stereocenters. The van der Waals surface area contributed by atoms with Crippen molar-refractivity contribution in [3.63, 3.8) is 0 Å². The van der Waals surface area contributed by atoms with E-state index in [2.05, 4.69) is 10.1 Å². The van der Waals surface area contributed by atoms with Crippen LogP contribution in [0.4, 0.5) is 0 Å². The van der Waals surface area contributed by atoms with Crippen molar-refractivity contribution in [2.45, 2.75) is 31.9 Å². The minimum absolute atomic E-state index is 0.0529. The van der Waals surface area contributed by atoms with Gasteiger partial charge >= 0.3 is 0 Å². The third kappa shape index (κ3) is 2.07. The molecule has 0 spiro atoms. The zero-order valence-electron chi connectivity index (χ0n) is 9.81. The number of alkyl halides is 2. The summed E-state index contributed by atoms with van der Waals surface area (Å²) in [6.07, 6.45) is 4.86. The molecular weight excluding hydrogens is 261 g/mol. The molecule has 1 aromatic rings. The number of aliphatic hydroxyl groups is 1. The summed E-state index contributed by atoms with van der Waals surface area (Å²) < 4.78 is 1.65. The molecule has 0 bridgehead atoms. The molecule has 17 heavy (non-hydrogen) atoms. The van der Waals surface area contributed by atoms with Crippen LogP contribution in [0.5, 0.6) is 0 Å². The summed E-state index contributed by atoms with van der Waals surface area (Å²) >= 11 is 12.0. The molecule has 1 aliphatic rings. The van der Waals surface area contributed by atoms with Crippen molar-refractivity contribution in [1.29, 1.82) is 0 Å². The maximum Gasteiger partial charge on any atom is 0.137 e. The quantitative estimate of drug-likeness (QED) is 0.856. The lowest BCUT2D eigenvalue weighted by atomic mass is 9.74. The van der Waals surface area contributed by atoms with Gasteiger partial charge in [0.05, 0.1) is 12.1 Å². The van der Waals surface area contributed by atoms with Crippen molar-refractivity contribution in [3.8, 4) is 0 Å². The molecule has 0 radical (unpaired) electrons. The second kappa shape index (κ2) is 4.75. The molecular formula is C11H17Cl2N3O. The van der Waals surface area contributed by atoms with E-state index in [4.69, 9.17) is 23.2 Å². The van der Waals surface area contributed by atoms with E-state index < -0.39 is 5.60 Å². The predicted octanol–water partition coefficient (Wildman–Crippen LogP) is 1.90. The van der Waals surface area contributed by atoms with Gasteiger partial charge < -0.3 is 5.11 Å². The minimum atomic E-state index is -0.912. The minimum Gasteiger partial charge on any atom is -0.387 e. The highest BCUT2D eigenvalue weighted by Crippen LogP contribution is 2.51. The number of hydrogen-bond donors (Lipinski definition) is 1. The van der Waals surface area contributed by atoms with Crippen molar-refractivity contribution in [2.75, 3.05) is 11.8 Å². The highest BCUT2D eigenvalue weighted by atomic mass is 35.5. The van der Waals surface area contributed by atoms with E-state index >= 15 is 0 Å². The molecule has 1 N–H and O–H groups in total. The van der Waals surface area contributed by atoms with Gasteiger partial charge in [-0.2, -0.15) is 5.10 Å². The van der Waals surface area contributed by atoms with E-state index in [9.17, 15) is 5.11 Å². The Labute approximate surface area is 111 Å². The first-order valence-corrected chi connectivity index (χ1v) is 6.79. The van der Waals surface area contributed by atoms with E-state index in [1.54, 1.807) is 11.0 Å². The van der Waals surface area contributed by atoms with Gasteiger partial charge in [-0.25, -0.2) is 4.98 Å². The van der Waals surface area contributed by atoms with Crippen molar-refractivity contribution in [1.82, 2.24) is 14.8 Å². The third-order valence-corrected chi connectivity index (χ3v) is 5.08. The van der Waals surface area contributed by atoms with E-state index in [1.165, 1.54) is 6.33 Å². The molecule has 1 aliphatic carbocycles. The van der Waals surface area contributed by atoms with Crippen LogP contribution in [0.3, 0.4) is 0 Å². The van der Waals surface area contributed by atoms with Gasteiger partial charge in [-0.3, -0.25) is 4.68 Å². The highest BCUT2D eigenvalue weighted by Gasteiger charge is 2.56. The van der Waals surface area contributed by atoms with Crippen LogP contribution in [0.1, 0.15) is 19.8 Å². The van der Waals surface area contributed by atoms with Gasteiger partial charge in [-0.05, 0) is 12.8 Å². The van der Waals surface area contributed by atoms with Gasteiger partial charge in [0, 0.05) is 23.1 Å². The van der Waals surface area contributed by atoms with Gasteiger partial charge in [0.15, 0.2) is 0 Å². The van der Waals surface area contributed by atoms with Crippen LogP contribution >= 0.6 is 23.2 Å². The Hall–Kier alpha value is -0.320. The maximum absolute atomic E-state index is 11.0. The Morgan fingerprint density at radius 2 is 2.29 bits per heavy atom. The molecule has 4 nitrogen and oxygen atoms in total. The molecule has 0 aromatic carbocycles. The zero-order chi connectivity index (χ0) is 12.5. The van der Waals surface area contributed by atoms with Crippen LogP contribution in [0.25, 0.3) is 0 Å². The Bertz CT molecular complexity index is 373. The SMILES string of the molecule is CC1(CCl)CCC(CCl)C1(O)Cn1cncn1. The van der Waals surface area contributed by atoms with Crippen molar-refractivity contribution in [2.24, 2.45) is 11.3 Å². The van der Waals surface area contributed by atoms with Crippen LogP contribution < -0.4 is 0 Å². The fourth-order valence-electron chi connectivity index (χ4n) is 2.71. The molecule has 3 atom stereocenters. The summed E-state index contributed by atoms with van der Waals surface area (Å²) in [5.74, 6) is 0.917. The molecule has 0 aliphatic heterocycles. The first kappa shape index (κ1) is 13.1. The lowest BCUT2D eigenvalue weighted by molar-refractivity contribution is -0.0837. The Balaban J connectivity index is 2.28. The smallest absolute Gasteiger partial charge is 0.137 e. The van der Waals surface area contributed by atoms with Crippen LogP contribution in [0.2, 0.25) is 0 Å². The predicted molar refractivity (Wildman–Crippen MR) is 67.2 cm³/mol. The lowest BCUT2D eigenvalue weighted by Crippen LogP contribution is -2.51. The standard InChI is InChI=1S/C11H17Cl2N3O/c1-10(5-13)3-2-9(4-12)11(10,17)6-16-8-14-7-15-16/h7-9,17H,2-6H2,1H3. The van der Waals surface area contributed by atoms with Gasteiger partial charge in [0.2, 0.25) is 0 Å². The van der Waals surface area contributed by atoms with Crippen molar-refractivity contribution < 1.29 is 5.11 Å². The third-order valence-electron chi connectivity index (χ3n) is 4.12. The second-order valence-corrected chi connectivity index (χ2v) is 5.68. The fraction of sp³-hybridized carbons (Fsp3) is 0.818. The summed E-state index contributed by atoms with van der Waals surface area (Å²) in [4.78, 5) is 3.89. The van der Waals surface area contributed by atoms with E-state index in [-0.39, 0.29) is 11.3 Å². The van der Waals surface area contributed by atoms with Gasteiger partial charge in [-0.1, -0.05) is 6.92 Å². The van der Waals surface area contributed by atoms with Crippen molar-refractivity contribution in [3.05, 3.63) is 12.7 Å². The first-order chi connectivity index (χ1) is 8.05. The molecule has 1 heterocycles. The summed E-state index contributed by atoms with van der Waals surface area (Å²) in [5, 5.41) is 15.0. The first-order valence-electron chi connectivity index (χ1n) is 5.72. The zero-order valence-corrected chi connectivity index (χ0v) is 11.3. The Kier molecular flexibility index (Phi) is 3.66. The van der Waals surface area contributed by atoms with E-state index in [1.807, 2.05) is 6.92 Å². The van der Waals surface area contributed by atoms with Crippen LogP contribution in [0.15, 0.2) is 12.7 Å². The van der Waals surface area contributed by atoms with Crippen LogP contribution in [-0.4, -0.2) is 37.2 Å². The number of halogens is 2. The highest BCUT2D eigenvalue weighted by molar-refractivity contribution is 6.19. The van der Waals surface area contributed by atoms with Crippen molar-refractivity contribution >= 4 is 23.2 Å². The average molecular weight is 278 g/mol. The lowest BCUT2D eigenvalue weighted by Gasteiger charge is -2.41. The molecule has 1 aromatic heterocycles. The van der Waals surface area contributed by atoms with Crippen LogP contribution in [0, 0.1) is 11.3 Å². The number of nitrogens with zero attached hydrogens (tertiary/aromatic N) is 3. The molecule has 0 amide bonds. The Morgan fingerprint density at radius 1 is 1.53 bits per heavy atom. The second-order valence-electron chi connectivity index (χ2n) is 5.10. The summed E-state index contributed by atoms with van der Waals surface area (Å²) in [5.41, 5.74) is -1.23. The summed E-state index contributed by atoms with van der Waals surface area (Å²) in [6.45, 7) is 2.41. The fourth-order valence-corrected chi connectivity index (χ4v) is 3.48. The number of aromatic nitrogens is 3. The van der Waals surface area contributed by atoms with E-state index in [0.29, 0.717) is 18.3 Å². The molecule has 0 saturated heterocycles. The summed E-state index contributed by atoms with van der Waals surface area (Å²) in [7, 11) is 0. The van der Waals surface area contributed by atoms with E-state index in [0.717, 1.165) is 12.8 Å². The molecule has 2 rings (SSSR count). The molecule has 6 heteroatoms. The molecule has 1 fully saturated rings. The largest absolute Gasteiger partial charge is 0.387 e. The maximum atomic E-state index is 11.0. The monoisotopic (exact) mass is 277 g/mol. The topological polar surface area (TPSA) is 50.9 Å². The van der Waals surface area contributed by atoms with Gasteiger partial charge in [0.25, 0.3) is 0 Å². The summed E-state index contributed by atoms with van der Waals surface area (Å²) in [6, 6.07) is 0. The molecule has 1 saturated carbocycles. The van der Waals surface area contributed by atoms with Gasteiger partial charge in [0.1, 0.15) is 12.7 Å². The van der Waals surface area contributed by atoms with Gasteiger partial charge in [-0.15, -0.1) is 23.2 Å². The normalized spacial score (nSPS) is 37.5. The Morgan fingerprint density at radius 3 is 2.82 bits per heavy atom. The number of rotatable bonds is 4. The van der Waals surface area contributed by atoms with Crippen LogP contribution in [-0.2, 0) is 6.54 Å². The number of hydrogen-bond acceptors (Lipinski definition) is 3. The molecule has 96 valence electrons. The average Bonchev–Trinajstić information content (AvgIpc) is 2.89.